The highest BCUT2D eigenvalue weighted by atomic mass is 32.3. The molecule has 23 heavy (non-hydrogen) atoms. The number of aliphatic hydroxyl groups excluding tert-OH is 1. The van der Waals surface area contributed by atoms with Crippen LogP contribution >= 0.6 is 0 Å². The van der Waals surface area contributed by atoms with Crippen LogP contribution in [0.2, 0.25) is 0 Å². The molecule has 0 amide bonds. The molecular weight excluding hydrogens is 316 g/mol. The summed E-state index contributed by atoms with van der Waals surface area (Å²) in [6.45, 7) is 5.07. The topological polar surface area (TPSA) is 94.8 Å². The minimum atomic E-state index is -4.67. The first-order valence-electron chi connectivity index (χ1n) is 9.12. The molecule has 0 aromatic rings. The third-order valence-corrected chi connectivity index (χ3v) is 3.91. The summed E-state index contributed by atoms with van der Waals surface area (Å²) in [7, 11) is -4.67. The Balaban J connectivity index is 0. The first kappa shape index (κ1) is 25.1. The van der Waals surface area contributed by atoms with Crippen LogP contribution < -0.4 is 0 Å². The van der Waals surface area contributed by atoms with Crippen molar-refractivity contribution in [2.75, 3.05) is 6.61 Å². The van der Waals surface area contributed by atoms with E-state index in [-0.39, 0.29) is 0 Å². The van der Waals surface area contributed by atoms with Crippen molar-refractivity contribution in [3.05, 3.63) is 0 Å². The molecule has 3 N–H and O–H groups in total. The normalized spacial score (nSPS) is 12.6. The Bertz CT molecular complexity index is 309. The van der Waals surface area contributed by atoms with Crippen molar-refractivity contribution >= 4 is 10.4 Å². The lowest BCUT2D eigenvalue weighted by Gasteiger charge is -2.10. The van der Waals surface area contributed by atoms with E-state index in [1.54, 1.807) is 0 Å². The number of rotatable bonds is 14. The standard InChI is InChI=1S/C17H36O.H2O4S/c1-3-4-14-17(2)15-12-10-8-6-5-7-9-11-13-16-18;1-5(2,3)4/h17-18H,3-16H2,1-2H3;(H2,1,2,3,4). The van der Waals surface area contributed by atoms with Crippen LogP contribution in [0, 0.1) is 5.92 Å². The van der Waals surface area contributed by atoms with E-state index in [0.717, 1.165) is 12.3 Å². The van der Waals surface area contributed by atoms with Gasteiger partial charge in [-0.05, 0) is 12.3 Å². The van der Waals surface area contributed by atoms with E-state index in [0.29, 0.717) is 6.61 Å². The highest BCUT2D eigenvalue weighted by Gasteiger charge is 2.00. The monoisotopic (exact) mass is 354 g/mol. The molecule has 0 fully saturated rings. The van der Waals surface area contributed by atoms with Crippen molar-refractivity contribution < 1.29 is 22.6 Å². The Kier molecular flexibility index (Phi) is 19.8. The van der Waals surface area contributed by atoms with E-state index < -0.39 is 10.4 Å². The second-order valence-corrected chi connectivity index (χ2v) is 7.29. The maximum Gasteiger partial charge on any atom is 0.394 e. The summed E-state index contributed by atoms with van der Waals surface area (Å²) < 4.78 is 31.6. The van der Waals surface area contributed by atoms with Crippen molar-refractivity contribution in [3.63, 3.8) is 0 Å². The summed E-state index contributed by atoms with van der Waals surface area (Å²) in [6.07, 6.45) is 17.7. The molecule has 0 aromatic heterocycles. The molecule has 142 valence electrons. The summed E-state index contributed by atoms with van der Waals surface area (Å²) in [4.78, 5) is 0. The summed E-state index contributed by atoms with van der Waals surface area (Å²) in [5.41, 5.74) is 0. The van der Waals surface area contributed by atoms with Crippen LogP contribution in [0.15, 0.2) is 0 Å². The summed E-state index contributed by atoms with van der Waals surface area (Å²) >= 11 is 0. The predicted octanol–water partition coefficient (Wildman–Crippen LogP) is 5.05. The molecule has 1 unspecified atom stereocenters. The third kappa shape index (κ3) is 34.3. The van der Waals surface area contributed by atoms with E-state index in [1.165, 1.54) is 77.0 Å². The molecule has 1 atom stereocenters. The van der Waals surface area contributed by atoms with Gasteiger partial charge < -0.3 is 5.11 Å². The Morgan fingerprint density at radius 2 is 1.09 bits per heavy atom. The molecule has 0 spiro atoms. The molecule has 0 aliphatic rings. The molecule has 0 aliphatic carbocycles. The summed E-state index contributed by atoms with van der Waals surface area (Å²) in [6, 6.07) is 0. The fraction of sp³-hybridized carbons (Fsp3) is 1.00. The lowest BCUT2D eigenvalue weighted by Crippen LogP contribution is -1.94. The van der Waals surface area contributed by atoms with Crippen molar-refractivity contribution in [2.24, 2.45) is 5.92 Å². The van der Waals surface area contributed by atoms with Gasteiger partial charge in [-0.2, -0.15) is 8.42 Å². The van der Waals surface area contributed by atoms with Gasteiger partial charge in [-0.25, -0.2) is 0 Å². The van der Waals surface area contributed by atoms with Crippen LogP contribution in [-0.4, -0.2) is 29.2 Å². The van der Waals surface area contributed by atoms with Crippen molar-refractivity contribution in [3.8, 4) is 0 Å². The van der Waals surface area contributed by atoms with Gasteiger partial charge in [-0.1, -0.05) is 90.9 Å². The smallest absolute Gasteiger partial charge is 0.394 e. The molecule has 0 heterocycles. The lowest BCUT2D eigenvalue weighted by molar-refractivity contribution is 0.282. The lowest BCUT2D eigenvalue weighted by atomic mass is 9.97. The average molecular weight is 355 g/mol. The molecule has 0 rings (SSSR count). The number of hydrogen-bond donors (Lipinski definition) is 3. The van der Waals surface area contributed by atoms with E-state index in [2.05, 4.69) is 13.8 Å². The molecule has 0 aromatic carbocycles. The minimum absolute atomic E-state index is 0.371. The third-order valence-electron chi connectivity index (χ3n) is 3.91. The molecular formula is C17H38O5S. The second kappa shape index (κ2) is 18.2. The van der Waals surface area contributed by atoms with Gasteiger partial charge in [0, 0.05) is 6.61 Å². The van der Waals surface area contributed by atoms with Crippen LogP contribution in [-0.2, 0) is 10.4 Å². The van der Waals surface area contributed by atoms with Gasteiger partial charge in [-0.3, -0.25) is 9.11 Å². The molecule has 0 radical (unpaired) electrons. The first-order chi connectivity index (χ1) is 10.8. The van der Waals surface area contributed by atoms with Crippen molar-refractivity contribution in [1.29, 1.82) is 0 Å². The van der Waals surface area contributed by atoms with Gasteiger partial charge in [0.15, 0.2) is 0 Å². The SMILES string of the molecule is CCCCC(C)CCCCCCCCCCCO.O=S(=O)(O)O. The number of unbranched alkanes of at least 4 members (excludes halogenated alkanes) is 9. The maximum absolute atomic E-state index is 8.74. The van der Waals surface area contributed by atoms with Gasteiger partial charge >= 0.3 is 10.4 Å². The van der Waals surface area contributed by atoms with Crippen LogP contribution in [0.3, 0.4) is 0 Å². The fourth-order valence-corrected chi connectivity index (χ4v) is 2.54. The zero-order chi connectivity index (χ0) is 18.0. The van der Waals surface area contributed by atoms with Crippen LogP contribution in [0.4, 0.5) is 0 Å². The highest BCUT2D eigenvalue weighted by Crippen LogP contribution is 2.17. The van der Waals surface area contributed by atoms with Gasteiger partial charge in [0.05, 0.1) is 0 Å². The molecule has 0 aliphatic heterocycles. The Morgan fingerprint density at radius 3 is 1.48 bits per heavy atom. The zero-order valence-electron chi connectivity index (χ0n) is 15.0. The van der Waals surface area contributed by atoms with E-state index in [1.807, 2.05) is 0 Å². The summed E-state index contributed by atoms with van der Waals surface area (Å²) in [5, 5.41) is 8.66. The Hall–Kier alpha value is -0.170. The number of aliphatic hydroxyl groups is 1. The van der Waals surface area contributed by atoms with Crippen LogP contribution in [0.1, 0.15) is 97.3 Å². The summed E-state index contributed by atoms with van der Waals surface area (Å²) in [5.74, 6) is 0.948. The first-order valence-corrected chi connectivity index (χ1v) is 10.5. The van der Waals surface area contributed by atoms with Gasteiger partial charge in [0.1, 0.15) is 0 Å². The Labute approximate surface area is 143 Å². The van der Waals surface area contributed by atoms with Gasteiger partial charge in [-0.15, -0.1) is 0 Å². The van der Waals surface area contributed by atoms with Crippen molar-refractivity contribution in [1.82, 2.24) is 0 Å². The molecule has 0 saturated heterocycles. The highest BCUT2D eigenvalue weighted by molar-refractivity contribution is 7.79. The molecule has 6 heteroatoms. The van der Waals surface area contributed by atoms with Crippen LogP contribution in [0.5, 0.6) is 0 Å². The second-order valence-electron chi connectivity index (χ2n) is 6.39. The fourth-order valence-electron chi connectivity index (χ4n) is 2.54. The number of hydrogen-bond acceptors (Lipinski definition) is 3. The molecule has 0 saturated carbocycles. The van der Waals surface area contributed by atoms with Crippen molar-refractivity contribution in [2.45, 2.75) is 97.3 Å². The molecule has 5 nitrogen and oxygen atoms in total. The minimum Gasteiger partial charge on any atom is -0.396 e. The average Bonchev–Trinajstić information content (AvgIpc) is 2.45. The van der Waals surface area contributed by atoms with Crippen LogP contribution in [0.25, 0.3) is 0 Å². The van der Waals surface area contributed by atoms with Gasteiger partial charge in [0.25, 0.3) is 0 Å². The Morgan fingerprint density at radius 1 is 0.739 bits per heavy atom. The molecule has 0 bridgehead atoms. The van der Waals surface area contributed by atoms with E-state index in [9.17, 15) is 0 Å². The predicted molar refractivity (Wildman–Crippen MR) is 96.1 cm³/mol. The zero-order valence-corrected chi connectivity index (χ0v) is 15.9. The van der Waals surface area contributed by atoms with E-state index in [4.69, 9.17) is 22.6 Å². The van der Waals surface area contributed by atoms with Gasteiger partial charge in [0.2, 0.25) is 0 Å². The maximum atomic E-state index is 8.74. The largest absolute Gasteiger partial charge is 0.396 e. The quantitative estimate of drug-likeness (QED) is 0.299. The van der Waals surface area contributed by atoms with E-state index >= 15 is 0 Å².